The third-order valence-corrected chi connectivity index (χ3v) is 8.02. The Labute approximate surface area is 203 Å². The van der Waals surface area contributed by atoms with Crippen LogP contribution in [0.1, 0.15) is 42.7 Å². The number of benzene rings is 2. The van der Waals surface area contributed by atoms with E-state index in [4.69, 9.17) is 9.47 Å². The summed E-state index contributed by atoms with van der Waals surface area (Å²) < 4.78 is 11.2. The van der Waals surface area contributed by atoms with Gasteiger partial charge < -0.3 is 24.8 Å². The molecule has 0 bridgehead atoms. The highest BCUT2D eigenvalue weighted by atomic mass is 16.5. The Bertz CT molecular complexity index is 1130. The summed E-state index contributed by atoms with van der Waals surface area (Å²) in [6.45, 7) is 0.800. The third-order valence-electron chi connectivity index (χ3n) is 8.02. The van der Waals surface area contributed by atoms with Gasteiger partial charge in [-0.3, -0.25) is 4.79 Å². The molecular weight excluding hydrogens is 448 g/mol. The molecule has 8 heteroatoms. The molecule has 182 valence electrons. The van der Waals surface area contributed by atoms with Crippen LogP contribution in [-0.2, 0) is 19.1 Å². The molecule has 0 radical (unpaired) electrons. The second kappa shape index (κ2) is 8.68. The number of hydrogen-bond donors (Lipinski definition) is 2. The van der Waals surface area contributed by atoms with E-state index in [0.717, 1.165) is 11.1 Å². The van der Waals surface area contributed by atoms with Crippen LogP contribution in [0.2, 0.25) is 0 Å². The molecule has 0 aromatic heterocycles. The first-order valence-corrected chi connectivity index (χ1v) is 12.3. The summed E-state index contributed by atoms with van der Waals surface area (Å²) in [5.41, 5.74) is 4.66. The number of hydrogen-bond acceptors (Lipinski definition) is 5. The summed E-state index contributed by atoms with van der Waals surface area (Å²) >= 11 is 0. The van der Waals surface area contributed by atoms with Crippen molar-refractivity contribution in [3.63, 3.8) is 0 Å². The molecule has 0 spiro atoms. The maximum absolute atomic E-state index is 13.1. The van der Waals surface area contributed by atoms with Gasteiger partial charge in [-0.05, 0) is 41.5 Å². The Hall–Kier alpha value is -3.39. The molecule has 1 saturated carbocycles. The lowest BCUT2D eigenvalue weighted by molar-refractivity contribution is -0.153. The van der Waals surface area contributed by atoms with Crippen molar-refractivity contribution in [1.82, 2.24) is 10.2 Å². The number of amides is 2. The minimum atomic E-state index is -0.982. The lowest BCUT2D eigenvalue weighted by Crippen LogP contribution is -2.54. The van der Waals surface area contributed by atoms with Gasteiger partial charge in [0, 0.05) is 30.9 Å². The van der Waals surface area contributed by atoms with E-state index in [9.17, 15) is 19.5 Å². The van der Waals surface area contributed by atoms with E-state index in [0.29, 0.717) is 32.3 Å². The zero-order chi connectivity index (χ0) is 24.1. The fourth-order valence-electron chi connectivity index (χ4n) is 6.24. The smallest absolute Gasteiger partial charge is 0.407 e. The van der Waals surface area contributed by atoms with Crippen LogP contribution in [0.25, 0.3) is 11.1 Å². The lowest BCUT2D eigenvalue weighted by Gasteiger charge is -2.39. The highest BCUT2D eigenvalue weighted by Gasteiger charge is 2.52. The standard InChI is InChI=1S/C27H28N2O6/c30-25(29-22-9-10-34-24(22)13-23(29)26(31)32)15-11-16(12-15)28-27(33)35-14-21-19-7-3-1-5-17(19)18-6-2-4-8-20(18)21/h1-8,15-16,21-24H,9-14H2,(H,28,33)(H,31,32)/t15?,16?,22-,23?,24-/m1/s1. The predicted octanol–water partition coefficient (Wildman–Crippen LogP) is 3.15. The SMILES string of the molecule is O=C(NC1CC(C(=O)N2C(C(=O)O)C[C@H]3OCC[C@H]32)C1)OCC1c2ccccc2-c2ccccc21. The Balaban J connectivity index is 1.03. The normalized spacial score (nSPS) is 28.6. The van der Waals surface area contributed by atoms with Gasteiger partial charge in [0.05, 0.1) is 12.1 Å². The van der Waals surface area contributed by atoms with Gasteiger partial charge in [-0.15, -0.1) is 0 Å². The van der Waals surface area contributed by atoms with Crippen LogP contribution in [0, 0.1) is 5.92 Å². The predicted molar refractivity (Wildman–Crippen MR) is 126 cm³/mol. The van der Waals surface area contributed by atoms with Crippen molar-refractivity contribution in [2.24, 2.45) is 5.92 Å². The molecule has 2 amide bonds. The molecule has 2 saturated heterocycles. The van der Waals surface area contributed by atoms with E-state index in [1.807, 2.05) is 24.3 Å². The van der Waals surface area contributed by atoms with Crippen LogP contribution in [0.5, 0.6) is 0 Å². The molecule has 3 atom stereocenters. The van der Waals surface area contributed by atoms with Crippen LogP contribution in [0.3, 0.4) is 0 Å². The van der Waals surface area contributed by atoms with Crippen molar-refractivity contribution >= 4 is 18.0 Å². The Kier molecular flexibility index (Phi) is 5.48. The first-order chi connectivity index (χ1) is 17.0. The molecule has 8 nitrogen and oxygen atoms in total. The fraction of sp³-hybridized carbons (Fsp3) is 0.444. The third kappa shape index (κ3) is 3.76. The topological polar surface area (TPSA) is 105 Å². The van der Waals surface area contributed by atoms with Crippen LogP contribution >= 0.6 is 0 Å². The van der Waals surface area contributed by atoms with E-state index in [1.165, 1.54) is 16.0 Å². The summed E-state index contributed by atoms with van der Waals surface area (Å²) in [6, 6.07) is 15.2. The number of carbonyl (C=O) groups is 3. The molecule has 35 heavy (non-hydrogen) atoms. The van der Waals surface area contributed by atoms with E-state index >= 15 is 0 Å². The van der Waals surface area contributed by atoms with Gasteiger partial charge in [-0.25, -0.2) is 9.59 Å². The van der Waals surface area contributed by atoms with E-state index in [-0.39, 0.29) is 42.5 Å². The zero-order valence-corrected chi connectivity index (χ0v) is 19.3. The van der Waals surface area contributed by atoms with E-state index in [1.54, 1.807) is 0 Å². The van der Waals surface area contributed by atoms with Crippen molar-refractivity contribution in [2.45, 2.75) is 55.8 Å². The first kappa shape index (κ1) is 22.1. The van der Waals surface area contributed by atoms with Crippen molar-refractivity contribution in [3.8, 4) is 11.1 Å². The maximum atomic E-state index is 13.1. The molecule has 2 aromatic carbocycles. The second-order valence-corrected chi connectivity index (χ2v) is 9.94. The van der Waals surface area contributed by atoms with Gasteiger partial charge in [0.25, 0.3) is 0 Å². The Morgan fingerprint density at radius 1 is 1.00 bits per heavy atom. The number of nitrogens with one attached hydrogen (secondary N) is 1. The summed E-state index contributed by atoms with van der Waals surface area (Å²) in [5, 5.41) is 12.5. The van der Waals surface area contributed by atoms with Crippen LogP contribution in [0.15, 0.2) is 48.5 Å². The fourth-order valence-corrected chi connectivity index (χ4v) is 6.24. The number of likely N-dealkylation sites (tertiary alicyclic amines) is 1. The molecule has 3 fully saturated rings. The molecule has 2 aromatic rings. The average Bonchev–Trinajstić information content (AvgIpc) is 3.51. The number of aliphatic carboxylic acids is 1. The van der Waals surface area contributed by atoms with Crippen molar-refractivity contribution in [2.75, 3.05) is 13.2 Å². The number of fused-ring (bicyclic) bond motifs is 4. The van der Waals surface area contributed by atoms with Crippen molar-refractivity contribution in [1.29, 1.82) is 0 Å². The summed E-state index contributed by atoms with van der Waals surface area (Å²) in [4.78, 5) is 38.9. The number of carbonyl (C=O) groups excluding carboxylic acids is 2. The first-order valence-electron chi connectivity index (χ1n) is 12.3. The minimum absolute atomic E-state index is 0.00596. The minimum Gasteiger partial charge on any atom is -0.480 e. The maximum Gasteiger partial charge on any atom is 0.407 e. The number of alkyl carbamates (subject to hydrolysis) is 1. The summed E-state index contributed by atoms with van der Waals surface area (Å²) in [5.74, 6) is -1.41. The largest absolute Gasteiger partial charge is 0.480 e. The summed E-state index contributed by atoms with van der Waals surface area (Å²) in [6.07, 6.45) is 1.33. The molecule has 2 aliphatic carbocycles. The van der Waals surface area contributed by atoms with Crippen molar-refractivity contribution < 1.29 is 29.0 Å². The molecule has 2 N–H and O–H groups in total. The second-order valence-electron chi connectivity index (χ2n) is 9.94. The highest BCUT2D eigenvalue weighted by molar-refractivity contribution is 5.87. The number of nitrogens with zero attached hydrogens (tertiary/aromatic N) is 1. The zero-order valence-electron chi connectivity index (χ0n) is 19.3. The number of carboxylic acid groups (broad SMARTS) is 1. The Morgan fingerprint density at radius 3 is 2.31 bits per heavy atom. The molecular formula is C27H28N2O6. The van der Waals surface area contributed by atoms with Crippen LogP contribution in [0.4, 0.5) is 4.79 Å². The molecule has 6 rings (SSSR count). The van der Waals surface area contributed by atoms with Gasteiger partial charge in [0.2, 0.25) is 5.91 Å². The van der Waals surface area contributed by atoms with E-state index in [2.05, 4.69) is 29.6 Å². The molecule has 2 aliphatic heterocycles. The number of ether oxygens (including phenoxy) is 2. The molecule has 4 aliphatic rings. The number of carboxylic acids is 1. The monoisotopic (exact) mass is 476 g/mol. The van der Waals surface area contributed by atoms with Gasteiger partial charge in [0.1, 0.15) is 12.6 Å². The number of rotatable bonds is 5. The van der Waals surface area contributed by atoms with Gasteiger partial charge in [-0.1, -0.05) is 48.5 Å². The van der Waals surface area contributed by atoms with Gasteiger partial charge >= 0.3 is 12.1 Å². The average molecular weight is 477 g/mol. The van der Waals surface area contributed by atoms with Crippen molar-refractivity contribution in [3.05, 3.63) is 59.7 Å². The van der Waals surface area contributed by atoms with Crippen LogP contribution in [-0.4, -0.2) is 65.4 Å². The summed E-state index contributed by atoms with van der Waals surface area (Å²) in [7, 11) is 0. The van der Waals surface area contributed by atoms with Gasteiger partial charge in [0.15, 0.2) is 0 Å². The highest BCUT2D eigenvalue weighted by Crippen LogP contribution is 2.44. The Morgan fingerprint density at radius 2 is 1.66 bits per heavy atom. The van der Waals surface area contributed by atoms with Crippen LogP contribution < -0.4 is 5.32 Å². The molecule has 2 heterocycles. The van der Waals surface area contributed by atoms with Gasteiger partial charge in [-0.2, -0.15) is 0 Å². The van der Waals surface area contributed by atoms with E-state index < -0.39 is 18.1 Å². The molecule has 1 unspecified atom stereocenters. The lowest BCUT2D eigenvalue weighted by atomic mass is 9.79. The quantitative estimate of drug-likeness (QED) is 0.687.